The molecule has 0 saturated carbocycles. The number of rotatable bonds is 5. The lowest BCUT2D eigenvalue weighted by atomic mass is 10.1. The summed E-state index contributed by atoms with van der Waals surface area (Å²) in [5.41, 5.74) is 5.14. The minimum Gasteiger partial charge on any atom is -0.312 e. The van der Waals surface area contributed by atoms with Gasteiger partial charge in [-0.3, -0.25) is 9.69 Å². The summed E-state index contributed by atoms with van der Waals surface area (Å²) < 4.78 is 0. The van der Waals surface area contributed by atoms with Gasteiger partial charge in [-0.15, -0.1) is 6.42 Å². The Labute approximate surface area is 155 Å². The molecule has 1 heterocycles. The average molecular weight is 344 g/mol. The lowest BCUT2D eigenvalue weighted by Crippen LogP contribution is -2.35. The highest BCUT2D eigenvalue weighted by Gasteiger charge is 2.29. The number of aryl methyl sites for hydroxylation is 1. The van der Waals surface area contributed by atoms with E-state index in [0.29, 0.717) is 25.6 Å². The molecule has 1 aliphatic heterocycles. The van der Waals surface area contributed by atoms with E-state index in [1.165, 1.54) is 16.7 Å². The fourth-order valence-corrected chi connectivity index (χ4v) is 4.35. The minimum atomic E-state index is 0.197. The number of hydrogen-bond acceptors (Lipinski definition) is 2. The number of fused-ring (bicyclic) bond motifs is 2. The number of amides is 1. The van der Waals surface area contributed by atoms with Crippen molar-refractivity contribution in [1.82, 2.24) is 4.90 Å². The van der Waals surface area contributed by atoms with Crippen LogP contribution in [0, 0.1) is 12.3 Å². The molecule has 1 aliphatic carbocycles. The number of carbonyl (C=O) groups is 1. The molecule has 2 aromatic carbocycles. The van der Waals surface area contributed by atoms with E-state index in [0.717, 1.165) is 31.5 Å². The average Bonchev–Trinajstić information content (AvgIpc) is 3.29. The van der Waals surface area contributed by atoms with Crippen LogP contribution in [0.25, 0.3) is 0 Å². The fraction of sp³-hybridized carbons (Fsp3) is 0.348. The van der Waals surface area contributed by atoms with Gasteiger partial charge < -0.3 is 4.90 Å². The molecule has 2 aromatic rings. The lowest BCUT2D eigenvalue weighted by Gasteiger charge is -2.28. The number of para-hydroxylation sites is 1. The first-order valence-electron chi connectivity index (χ1n) is 9.41. The maximum Gasteiger partial charge on any atom is 0.228 e. The summed E-state index contributed by atoms with van der Waals surface area (Å²) in [4.78, 5) is 17.1. The molecule has 4 rings (SSSR count). The first kappa shape index (κ1) is 16.9. The first-order chi connectivity index (χ1) is 12.8. The van der Waals surface area contributed by atoms with Crippen molar-refractivity contribution in [3.8, 4) is 12.3 Å². The van der Waals surface area contributed by atoms with Crippen LogP contribution in [0.15, 0.2) is 48.5 Å². The molecule has 0 radical (unpaired) electrons. The van der Waals surface area contributed by atoms with Gasteiger partial charge in [-0.2, -0.15) is 0 Å². The van der Waals surface area contributed by atoms with E-state index in [1.54, 1.807) is 0 Å². The van der Waals surface area contributed by atoms with Crippen LogP contribution in [0.3, 0.4) is 0 Å². The SMILES string of the molecule is C#CCN(CCC(=O)N1CCc2ccccc21)C1CCc2ccccc21. The molecule has 2 aliphatic rings. The van der Waals surface area contributed by atoms with Crippen LogP contribution in [-0.4, -0.2) is 30.4 Å². The summed E-state index contributed by atoms with van der Waals surface area (Å²) in [5.74, 6) is 2.98. The molecule has 0 bridgehead atoms. The maximum atomic E-state index is 12.8. The highest BCUT2D eigenvalue weighted by Crippen LogP contribution is 2.35. The van der Waals surface area contributed by atoms with Gasteiger partial charge in [0.05, 0.1) is 6.54 Å². The Hall–Kier alpha value is -2.57. The second-order valence-corrected chi connectivity index (χ2v) is 7.10. The molecule has 0 N–H and O–H groups in total. The molecule has 1 unspecified atom stereocenters. The van der Waals surface area contributed by atoms with Crippen LogP contribution in [-0.2, 0) is 17.6 Å². The van der Waals surface area contributed by atoms with Gasteiger partial charge in [0.1, 0.15) is 0 Å². The van der Waals surface area contributed by atoms with E-state index in [1.807, 2.05) is 23.1 Å². The van der Waals surface area contributed by atoms with Crippen molar-refractivity contribution in [2.24, 2.45) is 0 Å². The van der Waals surface area contributed by atoms with Crippen LogP contribution >= 0.6 is 0 Å². The summed E-state index contributed by atoms with van der Waals surface area (Å²) in [6, 6.07) is 17.1. The molecule has 0 fully saturated rings. The van der Waals surface area contributed by atoms with Crippen molar-refractivity contribution in [2.45, 2.75) is 31.7 Å². The minimum absolute atomic E-state index is 0.197. The molecular weight excluding hydrogens is 320 g/mol. The molecule has 0 saturated heterocycles. The van der Waals surface area contributed by atoms with E-state index in [-0.39, 0.29) is 5.91 Å². The zero-order valence-electron chi connectivity index (χ0n) is 15.0. The molecule has 132 valence electrons. The largest absolute Gasteiger partial charge is 0.312 e. The van der Waals surface area contributed by atoms with Gasteiger partial charge in [0.2, 0.25) is 5.91 Å². The standard InChI is InChI=1S/C23H24N2O/c1-2-15-24(22-12-11-18-7-3-5-9-20(18)22)16-14-23(26)25-17-13-19-8-4-6-10-21(19)25/h1,3-10,22H,11-17H2. The summed E-state index contributed by atoms with van der Waals surface area (Å²) in [5, 5.41) is 0. The van der Waals surface area contributed by atoms with Crippen molar-refractivity contribution in [3.05, 3.63) is 65.2 Å². The van der Waals surface area contributed by atoms with Gasteiger partial charge in [0.15, 0.2) is 0 Å². The highest BCUT2D eigenvalue weighted by atomic mass is 16.2. The van der Waals surface area contributed by atoms with Gasteiger partial charge >= 0.3 is 0 Å². The second kappa shape index (κ2) is 7.35. The smallest absolute Gasteiger partial charge is 0.228 e. The Morgan fingerprint density at radius 3 is 2.73 bits per heavy atom. The Morgan fingerprint density at radius 2 is 1.88 bits per heavy atom. The zero-order chi connectivity index (χ0) is 17.9. The van der Waals surface area contributed by atoms with E-state index >= 15 is 0 Å². The van der Waals surface area contributed by atoms with E-state index in [4.69, 9.17) is 6.42 Å². The summed E-state index contributed by atoms with van der Waals surface area (Å²) >= 11 is 0. The third-order valence-corrected chi connectivity index (χ3v) is 5.64. The highest BCUT2D eigenvalue weighted by molar-refractivity contribution is 5.95. The van der Waals surface area contributed by atoms with Crippen molar-refractivity contribution >= 4 is 11.6 Å². The molecule has 3 heteroatoms. The molecule has 1 atom stereocenters. The van der Waals surface area contributed by atoms with Gasteiger partial charge in [-0.25, -0.2) is 0 Å². The number of hydrogen-bond donors (Lipinski definition) is 0. The second-order valence-electron chi connectivity index (χ2n) is 7.10. The van der Waals surface area contributed by atoms with Crippen molar-refractivity contribution in [1.29, 1.82) is 0 Å². The van der Waals surface area contributed by atoms with E-state index in [9.17, 15) is 4.79 Å². The Bertz CT molecular complexity index is 851. The van der Waals surface area contributed by atoms with E-state index < -0.39 is 0 Å². The number of terminal acetylenes is 1. The van der Waals surface area contributed by atoms with E-state index in [2.05, 4.69) is 41.2 Å². The third kappa shape index (κ3) is 3.13. The zero-order valence-corrected chi connectivity index (χ0v) is 15.0. The predicted octanol–water partition coefficient (Wildman–Crippen LogP) is 3.59. The Morgan fingerprint density at radius 1 is 1.12 bits per heavy atom. The monoisotopic (exact) mass is 344 g/mol. The van der Waals surface area contributed by atoms with Crippen LogP contribution in [0.5, 0.6) is 0 Å². The Balaban J connectivity index is 1.44. The first-order valence-corrected chi connectivity index (χ1v) is 9.41. The third-order valence-electron chi connectivity index (χ3n) is 5.64. The molecule has 0 spiro atoms. The molecule has 0 aromatic heterocycles. The number of carbonyl (C=O) groups excluding carboxylic acids is 1. The lowest BCUT2D eigenvalue weighted by molar-refractivity contribution is -0.118. The van der Waals surface area contributed by atoms with Gasteiger partial charge in [0.25, 0.3) is 0 Å². The van der Waals surface area contributed by atoms with Crippen LogP contribution < -0.4 is 4.90 Å². The molecule has 3 nitrogen and oxygen atoms in total. The van der Waals surface area contributed by atoms with Gasteiger partial charge in [-0.1, -0.05) is 48.4 Å². The molecular formula is C23H24N2O. The van der Waals surface area contributed by atoms with Crippen molar-refractivity contribution in [3.63, 3.8) is 0 Å². The van der Waals surface area contributed by atoms with Crippen LogP contribution in [0.1, 0.15) is 35.6 Å². The number of benzene rings is 2. The number of nitrogens with zero attached hydrogens (tertiary/aromatic N) is 2. The fourth-order valence-electron chi connectivity index (χ4n) is 4.35. The quantitative estimate of drug-likeness (QED) is 0.774. The topological polar surface area (TPSA) is 23.6 Å². The molecule has 26 heavy (non-hydrogen) atoms. The summed E-state index contributed by atoms with van der Waals surface area (Å²) in [6.45, 7) is 2.09. The van der Waals surface area contributed by atoms with Crippen molar-refractivity contribution < 1.29 is 4.79 Å². The maximum absolute atomic E-state index is 12.8. The van der Waals surface area contributed by atoms with Crippen LogP contribution in [0.4, 0.5) is 5.69 Å². The van der Waals surface area contributed by atoms with Gasteiger partial charge in [-0.05, 0) is 42.0 Å². The normalized spacial score (nSPS) is 17.8. The predicted molar refractivity (Wildman–Crippen MR) is 105 cm³/mol. The Kier molecular flexibility index (Phi) is 4.77. The summed E-state index contributed by atoms with van der Waals surface area (Å²) in [7, 11) is 0. The molecule has 1 amide bonds. The van der Waals surface area contributed by atoms with Crippen LogP contribution in [0.2, 0.25) is 0 Å². The van der Waals surface area contributed by atoms with Crippen molar-refractivity contribution in [2.75, 3.05) is 24.5 Å². The summed E-state index contributed by atoms with van der Waals surface area (Å²) in [6.07, 6.45) is 9.26. The van der Waals surface area contributed by atoms with Gasteiger partial charge in [0, 0.05) is 31.2 Å². The number of anilines is 1.